The van der Waals surface area contributed by atoms with Crippen molar-refractivity contribution in [2.45, 2.75) is 6.18 Å². The Bertz CT molecular complexity index is 946. The molecule has 7 nitrogen and oxygen atoms in total. The zero-order valence-electron chi connectivity index (χ0n) is 14.8. The van der Waals surface area contributed by atoms with Gasteiger partial charge in [0, 0.05) is 25.2 Å². The number of anilines is 2. The fourth-order valence-electron chi connectivity index (χ4n) is 2.88. The minimum atomic E-state index is -4.60. The Morgan fingerprint density at radius 2 is 1.86 bits per heavy atom. The molecule has 0 spiro atoms. The molecule has 0 radical (unpaired) electrons. The lowest BCUT2D eigenvalue weighted by atomic mass is 10.1. The molecular weight excluding hydrogens is 415 g/mol. The Kier molecular flexibility index (Phi) is 5.94. The van der Waals surface area contributed by atoms with E-state index in [-0.39, 0.29) is 22.0 Å². The van der Waals surface area contributed by atoms with Gasteiger partial charge in [0.05, 0.1) is 45.7 Å². The predicted octanol–water partition coefficient (Wildman–Crippen LogP) is 4.36. The van der Waals surface area contributed by atoms with Gasteiger partial charge in [-0.2, -0.15) is 13.2 Å². The van der Waals surface area contributed by atoms with Gasteiger partial charge in [-0.15, -0.1) is 0 Å². The van der Waals surface area contributed by atoms with Crippen molar-refractivity contribution in [1.82, 2.24) is 0 Å². The summed E-state index contributed by atoms with van der Waals surface area (Å²) in [4.78, 5) is 24.7. The van der Waals surface area contributed by atoms with E-state index < -0.39 is 22.6 Å². The van der Waals surface area contributed by atoms with Gasteiger partial charge in [-0.3, -0.25) is 14.9 Å². The van der Waals surface area contributed by atoms with Crippen LogP contribution >= 0.6 is 11.6 Å². The van der Waals surface area contributed by atoms with E-state index in [0.717, 1.165) is 24.3 Å². The average molecular weight is 430 g/mol. The van der Waals surface area contributed by atoms with Crippen molar-refractivity contribution in [3.8, 4) is 0 Å². The van der Waals surface area contributed by atoms with E-state index in [1.54, 1.807) is 4.90 Å². The first-order chi connectivity index (χ1) is 13.7. The number of non-ortho nitro benzene ring substituents is 1. The van der Waals surface area contributed by atoms with Gasteiger partial charge in [0.2, 0.25) is 0 Å². The number of morpholine rings is 1. The molecule has 1 fully saturated rings. The second kappa shape index (κ2) is 8.26. The first-order valence-corrected chi connectivity index (χ1v) is 8.84. The number of halogens is 4. The number of nitrogens with zero attached hydrogens (tertiary/aromatic N) is 2. The summed E-state index contributed by atoms with van der Waals surface area (Å²) in [6, 6.07) is 6.32. The van der Waals surface area contributed by atoms with Crippen LogP contribution in [0.5, 0.6) is 0 Å². The molecule has 1 heterocycles. The van der Waals surface area contributed by atoms with Crippen molar-refractivity contribution in [3.05, 3.63) is 62.7 Å². The molecular formula is C18H15ClF3N3O4. The number of hydrogen-bond donors (Lipinski definition) is 1. The van der Waals surface area contributed by atoms with Crippen LogP contribution in [0.2, 0.25) is 5.02 Å². The lowest BCUT2D eigenvalue weighted by molar-refractivity contribution is -0.384. The minimum Gasteiger partial charge on any atom is -0.378 e. The van der Waals surface area contributed by atoms with Crippen molar-refractivity contribution in [1.29, 1.82) is 0 Å². The molecule has 1 amide bonds. The van der Waals surface area contributed by atoms with E-state index in [1.807, 2.05) is 0 Å². The molecule has 0 atom stereocenters. The van der Waals surface area contributed by atoms with E-state index in [4.69, 9.17) is 16.3 Å². The van der Waals surface area contributed by atoms with Gasteiger partial charge < -0.3 is 15.0 Å². The lowest BCUT2D eigenvalue weighted by Crippen LogP contribution is -2.36. The average Bonchev–Trinajstić information content (AvgIpc) is 2.68. The summed E-state index contributed by atoms with van der Waals surface area (Å²) >= 11 is 5.96. The monoisotopic (exact) mass is 429 g/mol. The van der Waals surface area contributed by atoms with Gasteiger partial charge in [0.25, 0.3) is 11.6 Å². The molecule has 3 rings (SSSR count). The van der Waals surface area contributed by atoms with Crippen LogP contribution in [0.15, 0.2) is 36.4 Å². The summed E-state index contributed by atoms with van der Waals surface area (Å²) in [5.74, 6) is -0.854. The summed E-state index contributed by atoms with van der Waals surface area (Å²) in [7, 11) is 0. The van der Waals surface area contributed by atoms with Crippen molar-refractivity contribution in [2.75, 3.05) is 36.5 Å². The highest BCUT2D eigenvalue weighted by Crippen LogP contribution is 2.36. The number of nitrogens with one attached hydrogen (secondary N) is 1. The molecule has 1 saturated heterocycles. The normalized spacial score (nSPS) is 14.6. The summed E-state index contributed by atoms with van der Waals surface area (Å²) in [5, 5.41) is 13.3. The maximum atomic E-state index is 13.2. The molecule has 1 aliphatic heterocycles. The van der Waals surface area contributed by atoms with Crippen LogP contribution in [0.3, 0.4) is 0 Å². The lowest BCUT2D eigenvalue weighted by Gasteiger charge is -2.31. The van der Waals surface area contributed by atoms with Crippen molar-refractivity contribution in [2.24, 2.45) is 0 Å². The maximum Gasteiger partial charge on any atom is 0.416 e. The Balaban J connectivity index is 1.98. The maximum absolute atomic E-state index is 13.2. The largest absolute Gasteiger partial charge is 0.416 e. The van der Waals surface area contributed by atoms with E-state index in [0.29, 0.717) is 32.0 Å². The molecule has 11 heteroatoms. The van der Waals surface area contributed by atoms with Crippen LogP contribution in [0.25, 0.3) is 0 Å². The quantitative estimate of drug-likeness (QED) is 0.576. The summed E-state index contributed by atoms with van der Waals surface area (Å²) in [6.07, 6.45) is -4.60. The first kappa shape index (κ1) is 20.9. The van der Waals surface area contributed by atoms with Crippen LogP contribution < -0.4 is 10.2 Å². The molecule has 29 heavy (non-hydrogen) atoms. The van der Waals surface area contributed by atoms with Crippen LogP contribution in [-0.2, 0) is 10.9 Å². The Labute approximate surface area is 168 Å². The van der Waals surface area contributed by atoms with Gasteiger partial charge in [-0.05, 0) is 24.3 Å². The molecule has 0 bridgehead atoms. The molecule has 0 aromatic heterocycles. The van der Waals surface area contributed by atoms with Crippen LogP contribution in [0.4, 0.5) is 30.2 Å². The molecule has 1 N–H and O–H groups in total. The van der Waals surface area contributed by atoms with E-state index in [2.05, 4.69) is 5.32 Å². The number of ether oxygens (including phenoxy) is 1. The first-order valence-electron chi connectivity index (χ1n) is 8.46. The number of carbonyl (C=O) groups is 1. The van der Waals surface area contributed by atoms with Gasteiger partial charge in [0.1, 0.15) is 0 Å². The number of carbonyl (C=O) groups excluding carboxylic acids is 1. The van der Waals surface area contributed by atoms with Gasteiger partial charge in [-0.1, -0.05) is 11.6 Å². The molecule has 1 aliphatic rings. The Hall–Kier alpha value is -2.85. The van der Waals surface area contributed by atoms with E-state index in [1.165, 1.54) is 12.1 Å². The molecule has 0 unspecified atom stereocenters. The Morgan fingerprint density at radius 1 is 1.17 bits per heavy atom. The fourth-order valence-corrected chi connectivity index (χ4v) is 3.09. The minimum absolute atomic E-state index is 0.0620. The number of benzene rings is 2. The van der Waals surface area contributed by atoms with Crippen LogP contribution in [0, 0.1) is 10.1 Å². The highest BCUT2D eigenvalue weighted by Gasteiger charge is 2.32. The third-order valence-corrected chi connectivity index (χ3v) is 4.66. The third kappa shape index (κ3) is 4.77. The molecule has 154 valence electrons. The number of hydrogen-bond acceptors (Lipinski definition) is 5. The highest BCUT2D eigenvalue weighted by atomic mass is 35.5. The van der Waals surface area contributed by atoms with Crippen LogP contribution in [0.1, 0.15) is 15.9 Å². The fraction of sp³-hybridized carbons (Fsp3) is 0.278. The smallest absolute Gasteiger partial charge is 0.378 e. The second-order valence-corrected chi connectivity index (χ2v) is 6.61. The van der Waals surface area contributed by atoms with Gasteiger partial charge in [-0.25, -0.2) is 0 Å². The van der Waals surface area contributed by atoms with Crippen molar-refractivity contribution >= 4 is 34.6 Å². The van der Waals surface area contributed by atoms with E-state index in [9.17, 15) is 28.1 Å². The SMILES string of the molecule is O=C(Nc1cc(C(F)(F)F)ccc1N1CCOCC1)c1cc([N+](=O)[O-])ccc1Cl. The molecule has 2 aromatic rings. The number of amides is 1. The van der Waals surface area contributed by atoms with Gasteiger partial charge in [0.15, 0.2) is 0 Å². The molecule has 0 aliphatic carbocycles. The highest BCUT2D eigenvalue weighted by molar-refractivity contribution is 6.34. The van der Waals surface area contributed by atoms with Crippen LogP contribution in [-0.4, -0.2) is 37.1 Å². The zero-order valence-corrected chi connectivity index (χ0v) is 15.6. The molecule has 2 aromatic carbocycles. The molecule has 0 saturated carbocycles. The Morgan fingerprint density at radius 3 is 2.48 bits per heavy atom. The number of rotatable bonds is 4. The zero-order chi connectivity index (χ0) is 21.2. The van der Waals surface area contributed by atoms with E-state index >= 15 is 0 Å². The number of nitro groups is 1. The predicted molar refractivity (Wildman–Crippen MR) is 101 cm³/mol. The third-order valence-electron chi connectivity index (χ3n) is 4.33. The summed E-state index contributed by atoms with van der Waals surface area (Å²) in [5.41, 5.74) is -1.20. The van der Waals surface area contributed by atoms with Crippen molar-refractivity contribution in [3.63, 3.8) is 0 Å². The van der Waals surface area contributed by atoms with Gasteiger partial charge >= 0.3 is 6.18 Å². The second-order valence-electron chi connectivity index (χ2n) is 6.20. The van der Waals surface area contributed by atoms with Crippen molar-refractivity contribution < 1.29 is 27.6 Å². The topological polar surface area (TPSA) is 84.7 Å². The standard InChI is InChI=1S/C18H15ClF3N3O4/c19-14-3-2-12(25(27)28)10-13(14)17(26)23-15-9-11(18(20,21)22)1-4-16(15)24-5-7-29-8-6-24/h1-4,9-10H,5-8H2,(H,23,26). The summed E-state index contributed by atoms with van der Waals surface area (Å²) in [6.45, 7) is 1.66. The number of alkyl halides is 3. The number of nitro benzene ring substituents is 1. The summed E-state index contributed by atoms with van der Waals surface area (Å²) < 4.78 is 44.7.